The molecule has 0 aliphatic carbocycles. The quantitative estimate of drug-likeness (QED) is 0.638. The van der Waals surface area contributed by atoms with E-state index in [-0.39, 0.29) is 0 Å². The van der Waals surface area contributed by atoms with Crippen molar-refractivity contribution >= 4 is 11.5 Å². The van der Waals surface area contributed by atoms with Gasteiger partial charge in [-0.05, 0) is 16.8 Å². The van der Waals surface area contributed by atoms with Crippen molar-refractivity contribution in [2.24, 2.45) is 0 Å². The van der Waals surface area contributed by atoms with Crippen molar-refractivity contribution < 1.29 is 0 Å². The lowest BCUT2D eigenvalue weighted by molar-refractivity contribution is 0.728. The van der Waals surface area contributed by atoms with E-state index < -0.39 is 0 Å². The van der Waals surface area contributed by atoms with Gasteiger partial charge in [0.2, 0.25) is 0 Å². The van der Waals surface area contributed by atoms with Crippen molar-refractivity contribution in [1.29, 1.82) is 0 Å². The molecule has 1 aliphatic rings. The average molecular weight is 191 g/mol. The number of hydrazine groups is 1. The Morgan fingerprint density at radius 2 is 2.36 bits per heavy atom. The van der Waals surface area contributed by atoms with Crippen molar-refractivity contribution in [2.45, 2.75) is 6.42 Å². The van der Waals surface area contributed by atoms with E-state index in [1.54, 1.807) is 16.9 Å². The van der Waals surface area contributed by atoms with Crippen LogP contribution in [0.25, 0.3) is 5.65 Å². The second kappa shape index (κ2) is 2.88. The van der Waals surface area contributed by atoms with Gasteiger partial charge in [-0.3, -0.25) is 9.99 Å². The first-order valence-electron chi connectivity index (χ1n) is 4.48. The molecule has 14 heavy (non-hydrogen) atoms. The van der Waals surface area contributed by atoms with Gasteiger partial charge in [-0.1, -0.05) is 0 Å². The highest BCUT2D eigenvalue weighted by Gasteiger charge is 2.15. The van der Waals surface area contributed by atoms with Crippen LogP contribution in [-0.4, -0.2) is 38.1 Å². The number of fused-ring (bicyclic) bond motifs is 1. The van der Waals surface area contributed by atoms with E-state index in [9.17, 15) is 0 Å². The van der Waals surface area contributed by atoms with E-state index >= 15 is 0 Å². The molecule has 0 radical (unpaired) electrons. The highest BCUT2D eigenvalue weighted by atomic mass is 15.6. The van der Waals surface area contributed by atoms with Crippen LogP contribution in [0.15, 0.2) is 12.4 Å². The lowest BCUT2D eigenvalue weighted by Crippen LogP contribution is -2.32. The molecular weight excluding hydrogens is 182 g/mol. The van der Waals surface area contributed by atoms with Gasteiger partial charge in [0.1, 0.15) is 0 Å². The van der Waals surface area contributed by atoms with Crippen molar-refractivity contribution in [3.8, 4) is 0 Å². The third-order valence-electron chi connectivity index (χ3n) is 2.23. The van der Waals surface area contributed by atoms with Gasteiger partial charge in [-0.2, -0.15) is 4.52 Å². The van der Waals surface area contributed by atoms with E-state index in [4.69, 9.17) is 0 Å². The van der Waals surface area contributed by atoms with Crippen LogP contribution in [0, 0.1) is 0 Å². The van der Waals surface area contributed by atoms with Crippen molar-refractivity contribution in [2.75, 3.05) is 18.1 Å². The molecule has 0 saturated carbocycles. The first-order valence-corrected chi connectivity index (χ1v) is 4.48. The van der Waals surface area contributed by atoms with Crippen LogP contribution < -0.4 is 10.4 Å². The summed E-state index contributed by atoms with van der Waals surface area (Å²) in [6.07, 6.45) is 4.51. The number of aromatic nitrogens is 5. The van der Waals surface area contributed by atoms with Crippen LogP contribution in [0.5, 0.6) is 0 Å². The van der Waals surface area contributed by atoms with Gasteiger partial charge in [0.25, 0.3) is 0 Å². The molecule has 3 heterocycles. The zero-order chi connectivity index (χ0) is 9.38. The third kappa shape index (κ3) is 1.02. The van der Waals surface area contributed by atoms with Gasteiger partial charge in [-0.25, -0.2) is 5.43 Å². The van der Waals surface area contributed by atoms with Crippen molar-refractivity contribution in [3.05, 3.63) is 12.4 Å². The third-order valence-corrected chi connectivity index (χ3v) is 2.23. The molecule has 0 bridgehead atoms. The Morgan fingerprint density at radius 3 is 3.21 bits per heavy atom. The van der Waals surface area contributed by atoms with Gasteiger partial charge in [-0.15, -0.1) is 5.10 Å². The van der Waals surface area contributed by atoms with Gasteiger partial charge in [0, 0.05) is 13.1 Å². The van der Waals surface area contributed by atoms with E-state index in [0.717, 1.165) is 25.3 Å². The zero-order valence-electron chi connectivity index (χ0n) is 7.46. The first kappa shape index (κ1) is 7.63. The number of tetrazole rings is 1. The minimum absolute atomic E-state index is 0.663. The number of nitrogens with zero attached hydrogens (tertiary/aromatic N) is 6. The molecule has 7 nitrogen and oxygen atoms in total. The maximum atomic E-state index is 4.08. The molecular formula is C7H9N7. The summed E-state index contributed by atoms with van der Waals surface area (Å²) in [7, 11) is 0. The minimum atomic E-state index is 0.663. The van der Waals surface area contributed by atoms with Gasteiger partial charge in [0.05, 0.1) is 12.4 Å². The maximum absolute atomic E-state index is 4.08. The fourth-order valence-electron chi connectivity index (χ4n) is 1.57. The average Bonchev–Trinajstić information content (AvgIpc) is 2.88. The lowest BCUT2D eigenvalue weighted by atomic mass is 10.5. The monoisotopic (exact) mass is 191 g/mol. The lowest BCUT2D eigenvalue weighted by Gasteiger charge is -2.16. The molecule has 0 spiro atoms. The largest absolute Gasteiger partial charge is 0.291 e. The standard InChI is InChI=1S/C7H9N7/c1-2-9-13(3-1)7-5-8-4-6-10-11-12-14(6)7/h4-5,9H,1-3H2. The highest BCUT2D eigenvalue weighted by Crippen LogP contribution is 2.13. The van der Waals surface area contributed by atoms with Gasteiger partial charge >= 0.3 is 0 Å². The number of anilines is 1. The van der Waals surface area contributed by atoms with Gasteiger partial charge in [0.15, 0.2) is 11.5 Å². The van der Waals surface area contributed by atoms with Crippen LogP contribution in [0.1, 0.15) is 6.42 Å². The predicted molar refractivity (Wildman–Crippen MR) is 48.5 cm³/mol. The zero-order valence-corrected chi connectivity index (χ0v) is 7.46. The fraction of sp³-hybridized carbons (Fsp3) is 0.429. The van der Waals surface area contributed by atoms with E-state index in [1.807, 2.05) is 5.01 Å². The molecule has 72 valence electrons. The summed E-state index contributed by atoms with van der Waals surface area (Å²) in [5.41, 5.74) is 3.89. The van der Waals surface area contributed by atoms with Crippen LogP contribution in [-0.2, 0) is 0 Å². The number of hydrogen-bond donors (Lipinski definition) is 1. The molecule has 2 aromatic heterocycles. The normalized spacial score (nSPS) is 16.7. The Hall–Kier alpha value is -1.76. The molecule has 0 atom stereocenters. The molecule has 1 fully saturated rings. The second-order valence-corrected chi connectivity index (χ2v) is 3.13. The maximum Gasteiger partial charge on any atom is 0.199 e. The molecule has 0 unspecified atom stereocenters. The topological polar surface area (TPSA) is 71.2 Å². The van der Waals surface area contributed by atoms with Crippen molar-refractivity contribution in [3.63, 3.8) is 0 Å². The highest BCUT2D eigenvalue weighted by molar-refractivity contribution is 5.45. The molecule has 7 heteroatoms. The first-order chi connectivity index (χ1) is 6.95. The smallest absolute Gasteiger partial charge is 0.199 e. The Kier molecular flexibility index (Phi) is 1.57. The van der Waals surface area contributed by atoms with E-state index in [1.165, 1.54) is 0 Å². The number of rotatable bonds is 1. The SMILES string of the molecule is c1ncc2nnnn2c1N1CCCN1. The number of hydrogen-bond acceptors (Lipinski definition) is 6. The van der Waals surface area contributed by atoms with Crippen LogP contribution in [0.2, 0.25) is 0 Å². The fourth-order valence-corrected chi connectivity index (χ4v) is 1.57. The second-order valence-electron chi connectivity index (χ2n) is 3.13. The number of nitrogens with one attached hydrogen (secondary N) is 1. The molecule has 2 aromatic rings. The Labute approximate surface area is 79.7 Å². The summed E-state index contributed by atoms with van der Waals surface area (Å²) in [6, 6.07) is 0. The summed E-state index contributed by atoms with van der Waals surface area (Å²) in [5, 5.41) is 13.3. The van der Waals surface area contributed by atoms with Crippen LogP contribution in [0.3, 0.4) is 0 Å². The Balaban J connectivity index is 2.14. The molecule has 1 saturated heterocycles. The van der Waals surface area contributed by atoms with E-state index in [2.05, 4.69) is 25.9 Å². The summed E-state index contributed by atoms with van der Waals surface area (Å²) in [5.74, 6) is 0.880. The summed E-state index contributed by atoms with van der Waals surface area (Å²) >= 11 is 0. The van der Waals surface area contributed by atoms with Gasteiger partial charge < -0.3 is 0 Å². The summed E-state index contributed by atoms with van der Waals surface area (Å²) < 4.78 is 1.67. The molecule has 3 rings (SSSR count). The van der Waals surface area contributed by atoms with E-state index in [0.29, 0.717) is 5.65 Å². The molecule has 1 aliphatic heterocycles. The Bertz CT molecular complexity index is 444. The van der Waals surface area contributed by atoms with Crippen LogP contribution >= 0.6 is 0 Å². The molecule has 0 amide bonds. The predicted octanol–water partition coefficient (Wildman–Crippen LogP) is -0.766. The minimum Gasteiger partial charge on any atom is -0.291 e. The summed E-state index contributed by atoms with van der Waals surface area (Å²) in [6.45, 7) is 1.94. The van der Waals surface area contributed by atoms with Crippen LogP contribution in [0.4, 0.5) is 5.82 Å². The molecule has 0 aromatic carbocycles. The Morgan fingerprint density at radius 1 is 1.36 bits per heavy atom. The van der Waals surface area contributed by atoms with Crippen molar-refractivity contribution in [1.82, 2.24) is 30.5 Å². The molecule has 1 N–H and O–H groups in total. The summed E-state index contributed by atoms with van der Waals surface area (Å²) in [4.78, 5) is 4.08.